The van der Waals surface area contributed by atoms with E-state index in [-0.39, 0.29) is 24.0 Å². The Bertz CT molecular complexity index is 600. The van der Waals surface area contributed by atoms with E-state index in [4.69, 9.17) is 9.73 Å². The maximum absolute atomic E-state index is 5.95. The number of aromatic nitrogens is 1. The van der Waals surface area contributed by atoms with Crippen LogP contribution in [0.3, 0.4) is 0 Å². The van der Waals surface area contributed by atoms with Gasteiger partial charge in [-0.05, 0) is 39.0 Å². The zero-order chi connectivity index (χ0) is 17.9. The number of thiazole rings is 1. The van der Waals surface area contributed by atoms with Crippen LogP contribution in [0.5, 0.6) is 0 Å². The zero-order valence-corrected chi connectivity index (χ0v) is 19.5. The van der Waals surface area contributed by atoms with E-state index in [0.29, 0.717) is 30.0 Å². The summed E-state index contributed by atoms with van der Waals surface area (Å²) in [6, 6.07) is 0.484. The Morgan fingerprint density at radius 1 is 1.42 bits per heavy atom. The summed E-state index contributed by atoms with van der Waals surface area (Å²) in [5, 5.41) is 10.3. The minimum Gasteiger partial charge on any atom is -0.378 e. The van der Waals surface area contributed by atoms with Crippen molar-refractivity contribution in [3.8, 4) is 0 Å². The van der Waals surface area contributed by atoms with Crippen molar-refractivity contribution in [2.24, 2.45) is 10.4 Å². The molecule has 0 aromatic carbocycles. The lowest BCUT2D eigenvalue weighted by atomic mass is 9.51. The minimum absolute atomic E-state index is 0. The second kappa shape index (κ2) is 9.68. The van der Waals surface area contributed by atoms with Crippen LogP contribution in [0.1, 0.15) is 70.0 Å². The molecule has 2 aliphatic rings. The smallest absolute Gasteiger partial charge is 0.191 e. The average molecular weight is 492 g/mol. The number of nitrogens with zero attached hydrogens (tertiary/aromatic N) is 2. The summed E-state index contributed by atoms with van der Waals surface area (Å²) in [7, 11) is 0. The van der Waals surface area contributed by atoms with Gasteiger partial charge in [0.2, 0.25) is 0 Å². The Morgan fingerprint density at radius 3 is 2.73 bits per heavy atom. The van der Waals surface area contributed by atoms with Crippen LogP contribution in [0.4, 0.5) is 0 Å². The van der Waals surface area contributed by atoms with Crippen LogP contribution in [0, 0.1) is 5.41 Å². The first-order chi connectivity index (χ1) is 12.1. The summed E-state index contributed by atoms with van der Waals surface area (Å²) in [5.74, 6) is 1.39. The molecule has 2 aliphatic carbocycles. The van der Waals surface area contributed by atoms with Crippen molar-refractivity contribution in [3.63, 3.8) is 0 Å². The van der Waals surface area contributed by atoms with E-state index >= 15 is 0 Å². The Hall–Kier alpha value is -0.410. The van der Waals surface area contributed by atoms with E-state index < -0.39 is 0 Å². The van der Waals surface area contributed by atoms with Crippen molar-refractivity contribution in [2.45, 2.75) is 78.0 Å². The number of hydrogen-bond donors (Lipinski definition) is 2. The molecule has 1 aromatic rings. The third-order valence-electron chi connectivity index (χ3n) is 5.63. The van der Waals surface area contributed by atoms with Crippen molar-refractivity contribution in [1.82, 2.24) is 15.6 Å². The summed E-state index contributed by atoms with van der Waals surface area (Å²) in [6.45, 7) is 10.9. The Morgan fingerprint density at radius 2 is 2.19 bits per heavy atom. The number of guanidine groups is 1. The Labute approximate surface area is 178 Å². The first kappa shape index (κ1) is 21.9. The molecule has 0 saturated heterocycles. The van der Waals surface area contributed by atoms with Crippen molar-refractivity contribution in [2.75, 3.05) is 13.2 Å². The van der Waals surface area contributed by atoms with Crippen molar-refractivity contribution < 1.29 is 4.74 Å². The number of halogens is 1. The normalized spacial score (nSPS) is 24.0. The van der Waals surface area contributed by atoms with Gasteiger partial charge in [0.25, 0.3) is 0 Å². The van der Waals surface area contributed by atoms with E-state index in [9.17, 15) is 0 Å². The van der Waals surface area contributed by atoms with E-state index in [1.165, 1.54) is 25.0 Å². The van der Waals surface area contributed by atoms with Gasteiger partial charge in [-0.2, -0.15) is 0 Å². The van der Waals surface area contributed by atoms with Gasteiger partial charge in [-0.25, -0.2) is 9.98 Å². The van der Waals surface area contributed by atoms with Crippen LogP contribution >= 0.6 is 35.3 Å². The fraction of sp³-hybridized carbons (Fsp3) is 0.789. The molecule has 26 heavy (non-hydrogen) atoms. The fourth-order valence-electron chi connectivity index (χ4n) is 3.94. The predicted molar refractivity (Wildman–Crippen MR) is 120 cm³/mol. The second-order valence-electron chi connectivity index (χ2n) is 7.48. The number of rotatable bonds is 7. The van der Waals surface area contributed by atoms with Gasteiger partial charge in [-0.1, -0.05) is 20.3 Å². The summed E-state index contributed by atoms with van der Waals surface area (Å²) in [6.07, 6.45) is 5.40. The molecule has 2 saturated carbocycles. The van der Waals surface area contributed by atoms with Crippen molar-refractivity contribution in [1.29, 1.82) is 0 Å². The highest BCUT2D eigenvalue weighted by molar-refractivity contribution is 14.0. The van der Waals surface area contributed by atoms with Crippen LogP contribution in [0.2, 0.25) is 0 Å². The first-order valence-electron chi connectivity index (χ1n) is 9.69. The number of nitrogens with one attached hydrogen (secondary N) is 2. The van der Waals surface area contributed by atoms with Crippen LogP contribution in [0.25, 0.3) is 0 Å². The molecule has 7 heteroatoms. The van der Waals surface area contributed by atoms with Crippen LogP contribution < -0.4 is 10.6 Å². The molecule has 1 heterocycles. The summed E-state index contributed by atoms with van der Waals surface area (Å²) < 4.78 is 5.95. The lowest BCUT2D eigenvalue weighted by molar-refractivity contribution is -0.168. The molecule has 0 radical (unpaired) electrons. The summed E-state index contributed by atoms with van der Waals surface area (Å²) in [5.41, 5.74) is 1.51. The van der Waals surface area contributed by atoms with Gasteiger partial charge in [0, 0.05) is 30.0 Å². The Kier molecular flexibility index (Phi) is 8.15. The third kappa shape index (κ3) is 4.52. The predicted octanol–water partition coefficient (Wildman–Crippen LogP) is 4.29. The second-order valence-corrected chi connectivity index (χ2v) is 8.42. The molecule has 3 rings (SSSR count). The maximum atomic E-state index is 5.95. The first-order valence-corrected chi connectivity index (χ1v) is 10.6. The molecule has 2 unspecified atom stereocenters. The highest BCUT2D eigenvalue weighted by atomic mass is 127. The molecule has 2 N–H and O–H groups in total. The van der Waals surface area contributed by atoms with E-state index in [0.717, 1.165) is 30.5 Å². The van der Waals surface area contributed by atoms with Gasteiger partial charge < -0.3 is 15.4 Å². The summed E-state index contributed by atoms with van der Waals surface area (Å²) in [4.78, 5) is 9.46. The topological polar surface area (TPSA) is 58.5 Å². The van der Waals surface area contributed by atoms with Gasteiger partial charge >= 0.3 is 0 Å². The molecular formula is C19H33IN4OS. The van der Waals surface area contributed by atoms with Crippen molar-refractivity contribution in [3.05, 3.63) is 16.1 Å². The molecule has 148 valence electrons. The lowest BCUT2D eigenvalue weighted by Gasteiger charge is -2.61. The molecule has 0 aliphatic heterocycles. The van der Waals surface area contributed by atoms with Gasteiger partial charge in [0.15, 0.2) is 5.96 Å². The lowest BCUT2D eigenvalue weighted by Crippen LogP contribution is -2.68. The molecule has 0 amide bonds. The highest BCUT2D eigenvalue weighted by Gasteiger charge is 2.59. The van der Waals surface area contributed by atoms with Crippen LogP contribution in [0.15, 0.2) is 10.4 Å². The number of ether oxygens (including phenoxy) is 1. The number of hydrogen-bond acceptors (Lipinski definition) is 4. The molecule has 0 bridgehead atoms. The van der Waals surface area contributed by atoms with Crippen LogP contribution in [-0.2, 0) is 11.3 Å². The minimum atomic E-state index is 0. The maximum Gasteiger partial charge on any atom is 0.191 e. The fourth-order valence-corrected chi connectivity index (χ4v) is 4.81. The Balaban J connectivity index is 0.00000243. The molecule has 1 aromatic heterocycles. The van der Waals surface area contributed by atoms with E-state index in [2.05, 4.69) is 48.7 Å². The zero-order valence-electron chi connectivity index (χ0n) is 16.4. The number of aliphatic imine (C=N–C) groups is 1. The van der Waals surface area contributed by atoms with Gasteiger partial charge in [-0.15, -0.1) is 35.3 Å². The molecule has 5 nitrogen and oxygen atoms in total. The third-order valence-corrected chi connectivity index (χ3v) is 6.48. The van der Waals surface area contributed by atoms with E-state index in [1.54, 1.807) is 11.3 Å². The molecule has 2 atom stereocenters. The average Bonchev–Trinajstić information content (AvgIpc) is 2.99. The van der Waals surface area contributed by atoms with Gasteiger partial charge in [0.05, 0.1) is 18.3 Å². The van der Waals surface area contributed by atoms with Crippen LogP contribution in [-0.4, -0.2) is 36.2 Å². The molecule has 2 fully saturated rings. The monoisotopic (exact) mass is 492 g/mol. The summed E-state index contributed by atoms with van der Waals surface area (Å²) >= 11 is 1.71. The van der Waals surface area contributed by atoms with Gasteiger partial charge in [0.1, 0.15) is 5.01 Å². The largest absolute Gasteiger partial charge is 0.378 e. The standard InChI is InChI=1S/C19H32N4OS.HI/c1-5-20-18(21-11-17-22-14(12-25-17)13(3)4)23-15-10-16(24-6-2)19(15)8-7-9-19;/h12-13,15-16H,5-11H2,1-4H3,(H2,20,21,23);1H. The molecular weight excluding hydrogens is 459 g/mol. The van der Waals surface area contributed by atoms with E-state index in [1.807, 2.05) is 0 Å². The van der Waals surface area contributed by atoms with Crippen molar-refractivity contribution >= 4 is 41.3 Å². The van der Waals surface area contributed by atoms with Gasteiger partial charge in [-0.3, -0.25) is 0 Å². The quantitative estimate of drug-likeness (QED) is 0.339. The highest BCUT2D eigenvalue weighted by Crippen LogP contribution is 2.57. The molecule has 1 spiro atoms. The SMILES string of the molecule is CCNC(=NCc1nc(C(C)C)cs1)NC1CC(OCC)C12CCC2.I.